The van der Waals surface area contributed by atoms with Crippen LogP contribution in [0.3, 0.4) is 0 Å². The molecule has 2 aromatic heterocycles. The summed E-state index contributed by atoms with van der Waals surface area (Å²) in [5.74, 6) is 5.68. The van der Waals surface area contributed by atoms with Gasteiger partial charge in [0.2, 0.25) is 5.60 Å². The van der Waals surface area contributed by atoms with E-state index in [-0.39, 0.29) is 5.91 Å². The van der Waals surface area contributed by atoms with Crippen LogP contribution in [-0.2, 0) is 4.79 Å². The minimum atomic E-state index is -1.61. The number of nitrogens with two attached hydrogens (primary N) is 1. The fourth-order valence-corrected chi connectivity index (χ4v) is 3.69. The summed E-state index contributed by atoms with van der Waals surface area (Å²) < 4.78 is 0.743. The third-order valence-electron chi connectivity index (χ3n) is 4.25. The van der Waals surface area contributed by atoms with Gasteiger partial charge in [0, 0.05) is 31.1 Å². The van der Waals surface area contributed by atoms with Gasteiger partial charge in [0.05, 0.1) is 0 Å². The normalized spacial score (nSPS) is 18.9. The topological polar surface area (TPSA) is 105 Å². The molecule has 0 aliphatic carbocycles. The Kier molecular flexibility index (Phi) is 4.20. The van der Waals surface area contributed by atoms with Gasteiger partial charge in [-0.05, 0) is 12.1 Å². The van der Waals surface area contributed by atoms with Gasteiger partial charge in [-0.25, -0.2) is 15.0 Å². The predicted octanol–water partition coefficient (Wildman–Crippen LogP) is 1.28. The van der Waals surface area contributed by atoms with E-state index in [1.165, 1.54) is 22.6 Å². The number of fused-ring (bicyclic) bond motifs is 1. The average Bonchev–Trinajstić information content (AvgIpc) is 3.19. The van der Waals surface area contributed by atoms with Crippen molar-refractivity contribution in [3.63, 3.8) is 0 Å². The molecule has 1 amide bonds. The van der Waals surface area contributed by atoms with Crippen molar-refractivity contribution in [2.45, 2.75) is 12.0 Å². The van der Waals surface area contributed by atoms with Gasteiger partial charge in [-0.2, -0.15) is 0 Å². The van der Waals surface area contributed by atoms with Gasteiger partial charge in [-0.3, -0.25) is 4.79 Å². The van der Waals surface area contributed by atoms with Crippen LogP contribution >= 0.6 is 11.3 Å². The van der Waals surface area contributed by atoms with Crippen LogP contribution in [0.25, 0.3) is 20.9 Å². The molecule has 0 bridgehead atoms. The first-order valence-corrected chi connectivity index (χ1v) is 8.76. The molecule has 1 aliphatic rings. The Labute approximate surface area is 153 Å². The minimum absolute atomic E-state index is 0. The standard InChI is InChI=1S/C18H15N5O2S.Lr/c1-23-8-7-18(25,17(23)24)6-5-11-3-2-4-12(9-11)16-22-15-13(26-16)14(19)20-10-21-15;/h2-4,9-10,25H,7-8H2,1H3,(H2,19,20,21);/t18-;/m0./s1. The Bertz CT molecular complexity index is 1090. The van der Waals surface area contributed by atoms with Gasteiger partial charge >= 0.3 is 0 Å². The molecule has 145 valence electrons. The third-order valence-corrected chi connectivity index (χ3v) is 5.37. The zero-order valence-electron chi connectivity index (χ0n) is 14.2. The summed E-state index contributed by atoms with van der Waals surface area (Å²) in [7, 11) is 1.66. The summed E-state index contributed by atoms with van der Waals surface area (Å²) >= 11 is 1.41. The fraction of sp³-hybridized carbons (Fsp3) is 0.222. The van der Waals surface area contributed by atoms with Crippen LogP contribution < -0.4 is 5.73 Å². The quantitative estimate of drug-likeness (QED) is 0.395. The summed E-state index contributed by atoms with van der Waals surface area (Å²) in [6.07, 6.45) is 1.70. The summed E-state index contributed by atoms with van der Waals surface area (Å²) in [5.41, 5.74) is 6.37. The second-order valence-electron chi connectivity index (χ2n) is 6.10. The van der Waals surface area contributed by atoms with Crippen LogP contribution in [0.1, 0.15) is 12.0 Å². The Hall–Kier alpha value is -4.02. The van der Waals surface area contributed by atoms with E-state index in [9.17, 15) is 9.90 Å². The van der Waals surface area contributed by atoms with E-state index in [2.05, 4.69) is 26.8 Å². The molecule has 9 heteroatoms. The Balaban J connectivity index is 0.00000210. The molecule has 7 nitrogen and oxygen atoms in total. The van der Waals surface area contributed by atoms with Gasteiger partial charge in [0.1, 0.15) is 21.9 Å². The molecule has 0 unspecified atom stereocenters. The van der Waals surface area contributed by atoms with Crippen LogP contribution in [0.4, 0.5) is 5.82 Å². The number of carbonyl (C=O) groups excluding carboxylic acids is 1. The van der Waals surface area contributed by atoms with E-state index in [0.29, 0.717) is 30.0 Å². The van der Waals surface area contributed by atoms with E-state index < -0.39 is 5.60 Å². The van der Waals surface area contributed by atoms with Crippen LogP contribution in [0.15, 0.2) is 30.6 Å². The smallest absolute Gasteiger partial charge is 0.267 e. The summed E-state index contributed by atoms with van der Waals surface area (Å²) in [6, 6.07) is 7.45. The molecular formula is C18H15LrN5O2S. The molecular weight excluding hydrogens is 612 g/mol. The molecule has 0 saturated carbocycles. The molecule has 1 saturated heterocycles. The van der Waals surface area contributed by atoms with Gasteiger partial charge in [0.25, 0.3) is 5.91 Å². The average molecular weight is 627 g/mol. The fourth-order valence-electron chi connectivity index (χ4n) is 2.77. The number of aromatic nitrogens is 3. The molecule has 1 aromatic carbocycles. The monoisotopic (exact) mass is 627 g/mol. The number of hydrogen-bond donors (Lipinski definition) is 2. The van der Waals surface area contributed by atoms with E-state index in [0.717, 1.165) is 15.3 Å². The van der Waals surface area contributed by atoms with Gasteiger partial charge in [-0.1, -0.05) is 24.0 Å². The first-order valence-electron chi connectivity index (χ1n) is 7.95. The molecule has 1 radical (unpaired) electrons. The maximum absolute atomic E-state index is 12.0. The van der Waals surface area contributed by atoms with Crippen molar-refractivity contribution in [2.24, 2.45) is 0 Å². The molecule has 0 spiro atoms. The molecule has 3 N–H and O–H groups in total. The van der Waals surface area contributed by atoms with Crippen molar-refractivity contribution >= 4 is 33.4 Å². The summed E-state index contributed by atoms with van der Waals surface area (Å²) in [5, 5.41) is 11.2. The van der Waals surface area contributed by atoms with E-state index in [1.54, 1.807) is 7.05 Å². The van der Waals surface area contributed by atoms with E-state index in [1.807, 2.05) is 24.3 Å². The number of aliphatic hydroxyl groups is 1. The first kappa shape index (κ1) is 17.8. The number of likely N-dealkylation sites (tertiary alicyclic amines) is 1. The van der Waals surface area contributed by atoms with Crippen LogP contribution in [0.5, 0.6) is 0 Å². The number of likely N-dealkylation sites (N-methyl/N-ethyl adjacent to an activating group) is 1. The Morgan fingerprint density at radius 1 is 1.37 bits per heavy atom. The van der Waals surface area contributed by atoms with Crippen LogP contribution in [0.2, 0.25) is 0 Å². The van der Waals surface area contributed by atoms with Crippen molar-refractivity contribution in [3.8, 4) is 22.4 Å². The molecule has 1 aliphatic heterocycles. The van der Waals surface area contributed by atoms with Gasteiger partial charge in [0.15, 0.2) is 5.65 Å². The van der Waals surface area contributed by atoms with Crippen molar-refractivity contribution < 1.29 is 9.90 Å². The minimum Gasteiger partial charge on any atom is -0.382 e. The Morgan fingerprint density at radius 3 is 2.89 bits per heavy atom. The SMILES string of the molecule is CN1CC[C@@](O)(C#Cc2cccc(-c3nc4ncnc(N)c4s3)c2)C1=O.[Lr]. The van der Waals surface area contributed by atoms with E-state index >= 15 is 0 Å². The second-order valence-corrected chi connectivity index (χ2v) is 7.10. The van der Waals surface area contributed by atoms with Crippen molar-refractivity contribution in [1.29, 1.82) is 0 Å². The molecule has 1 atom stereocenters. The molecule has 4 rings (SSSR count). The second kappa shape index (κ2) is 6.37. The molecule has 3 aromatic rings. The predicted molar refractivity (Wildman–Crippen MR) is 99.1 cm³/mol. The largest absolute Gasteiger partial charge is 0.382 e. The van der Waals surface area contributed by atoms with Gasteiger partial charge in [-0.15, -0.1) is 11.3 Å². The number of hydrogen-bond acceptors (Lipinski definition) is 7. The van der Waals surface area contributed by atoms with Gasteiger partial charge < -0.3 is 15.7 Å². The maximum Gasteiger partial charge on any atom is 0.267 e. The van der Waals surface area contributed by atoms with Crippen molar-refractivity contribution in [1.82, 2.24) is 19.9 Å². The number of nitrogens with zero attached hydrogens (tertiary/aromatic N) is 4. The third kappa shape index (κ3) is 3.01. The Morgan fingerprint density at radius 2 is 2.19 bits per heavy atom. The number of thiazole rings is 1. The summed E-state index contributed by atoms with van der Waals surface area (Å²) in [6.45, 7) is 0.498. The van der Waals surface area contributed by atoms with Crippen molar-refractivity contribution in [3.05, 3.63) is 36.2 Å². The van der Waals surface area contributed by atoms with Crippen LogP contribution in [0, 0.1) is 11.8 Å². The number of anilines is 1. The molecule has 27 heavy (non-hydrogen) atoms. The first-order chi connectivity index (χ1) is 12.5. The number of amides is 1. The van der Waals surface area contributed by atoms with Crippen molar-refractivity contribution in [2.75, 3.05) is 19.3 Å². The zero-order valence-corrected chi connectivity index (χ0v) is 17.2. The van der Waals surface area contributed by atoms with Crippen LogP contribution in [-0.4, -0.2) is 50.1 Å². The maximum atomic E-state index is 12.0. The number of nitrogen functional groups attached to an aromatic ring is 1. The number of carbonyl (C=O) groups is 1. The molecule has 1 fully saturated rings. The zero-order chi connectivity index (χ0) is 18.3. The number of rotatable bonds is 1. The molecule has 3 heterocycles. The van der Waals surface area contributed by atoms with E-state index in [4.69, 9.17) is 5.73 Å². The number of benzene rings is 1. The summed E-state index contributed by atoms with van der Waals surface area (Å²) in [4.78, 5) is 26.1.